The minimum absolute atomic E-state index is 0.457. The van der Waals surface area contributed by atoms with E-state index >= 15 is 0 Å². The first kappa shape index (κ1) is 16.6. The van der Waals surface area contributed by atoms with Crippen LogP contribution < -0.4 is 19.5 Å². The normalized spacial score (nSPS) is 10.7. The van der Waals surface area contributed by atoms with Crippen LogP contribution in [0.5, 0.6) is 17.2 Å². The lowest BCUT2D eigenvalue weighted by Crippen LogP contribution is -2.27. The maximum absolute atomic E-state index is 5.68. The van der Waals surface area contributed by atoms with Crippen molar-refractivity contribution in [2.75, 3.05) is 40.6 Å². The molecule has 0 spiro atoms. The summed E-state index contributed by atoms with van der Waals surface area (Å²) in [6, 6.07) is 6.02. The van der Waals surface area contributed by atoms with Gasteiger partial charge in [0.2, 0.25) is 5.75 Å². The van der Waals surface area contributed by atoms with Crippen molar-refractivity contribution < 1.29 is 18.9 Å². The minimum atomic E-state index is 0.457. The Morgan fingerprint density at radius 2 is 1.65 bits per heavy atom. The van der Waals surface area contributed by atoms with Crippen LogP contribution in [-0.4, -0.2) is 46.6 Å². The third-order valence-corrected chi connectivity index (χ3v) is 2.66. The van der Waals surface area contributed by atoms with Crippen molar-refractivity contribution in [1.82, 2.24) is 5.32 Å². The van der Waals surface area contributed by atoms with E-state index in [2.05, 4.69) is 19.2 Å². The first-order chi connectivity index (χ1) is 9.69. The van der Waals surface area contributed by atoms with Gasteiger partial charge in [-0.3, -0.25) is 0 Å². The van der Waals surface area contributed by atoms with Crippen LogP contribution in [0.2, 0.25) is 0 Å². The smallest absolute Gasteiger partial charge is 0.203 e. The SMILES string of the molecule is COc1cccc(OC)c1OCCOCCNC(C)C. The first-order valence-electron chi connectivity index (χ1n) is 6.84. The van der Waals surface area contributed by atoms with Crippen LogP contribution in [0.4, 0.5) is 0 Å². The van der Waals surface area contributed by atoms with Gasteiger partial charge < -0.3 is 24.3 Å². The number of rotatable bonds is 10. The Hall–Kier alpha value is -1.46. The molecule has 0 aliphatic rings. The van der Waals surface area contributed by atoms with Crippen LogP contribution in [0.15, 0.2) is 18.2 Å². The lowest BCUT2D eigenvalue weighted by atomic mass is 10.3. The van der Waals surface area contributed by atoms with E-state index in [-0.39, 0.29) is 0 Å². The zero-order valence-electron chi connectivity index (χ0n) is 12.8. The molecule has 5 nitrogen and oxygen atoms in total. The van der Waals surface area contributed by atoms with E-state index in [0.717, 1.165) is 6.54 Å². The molecular formula is C15H25NO4. The fraction of sp³-hybridized carbons (Fsp3) is 0.600. The third-order valence-electron chi connectivity index (χ3n) is 2.66. The van der Waals surface area contributed by atoms with Gasteiger partial charge in [-0.1, -0.05) is 19.9 Å². The number of methoxy groups -OCH3 is 2. The highest BCUT2D eigenvalue weighted by molar-refractivity contribution is 5.51. The van der Waals surface area contributed by atoms with Crippen LogP contribution in [-0.2, 0) is 4.74 Å². The second kappa shape index (κ2) is 9.44. The van der Waals surface area contributed by atoms with Gasteiger partial charge in [-0.15, -0.1) is 0 Å². The van der Waals surface area contributed by atoms with Crippen LogP contribution in [0.3, 0.4) is 0 Å². The van der Waals surface area contributed by atoms with Gasteiger partial charge in [0, 0.05) is 12.6 Å². The summed E-state index contributed by atoms with van der Waals surface area (Å²) < 4.78 is 21.7. The molecule has 0 aliphatic carbocycles. The summed E-state index contributed by atoms with van der Waals surface area (Å²) in [7, 11) is 3.21. The van der Waals surface area contributed by atoms with Gasteiger partial charge in [0.25, 0.3) is 0 Å². The molecule has 0 amide bonds. The number of benzene rings is 1. The summed E-state index contributed by atoms with van der Waals surface area (Å²) in [4.78, 5) is 0. The molecule has 1 N–H and O–H groups in total. The number of para-hydroxylation sites is 1. The molecular weight excluding hydrogens is 258 g/mol. The number of nitrogens with one attached hydrogen (secondary N) is 1. The summed E-state index contributed by atoms with van der Waals surface area (Å²) in [5.74, 6) is 1.93. The zero-order chi connectivity index (χ0) is 14.8. The molecule has 0 heterocycles. The lowest BCUT2D eigenvalue weighted by Gasteiger charge is -2.14. The predicted molar refractivity (Wildman–Crippen MR) is 79.0 cm³/mol. The third kappa shape index (κ3) is 5.67. The molecule has 0 aromatic heterocycles. The number of hydrogen-bond donors (Lipinski definition) is 1. The number of hydrogen-bond acceptors (Lipinski definition) is 5. The molecule has 0 radical (unpaired) electrons. The molecule has 0 fully saturated rings. The molecule has 20 heavy (non-hydrogen) atoms. The lowest BCUT2D eigenvalue weighted by molar-refractivity contribution is 0.0985. The molecule has 0 bridgehead atoms. The summed E-state index contributed by atoms with van der Waals surface area (Å²) in [5.41, 5.74) is 0. The molecule has 0 saturated heterocycles. The fourth-order valence-corrected chi connectivity index (χ4v) is 1.68. The van der Waals surface area contributed by atoms with Gasteiger partial charge in [-0.2, -0.15) is 0 Å². The predicted octanol–water partition coefficient (Wildman–Crippen LogP) is 2.10. The van der Waals surface area contributed by atoms with Crippen LogP contribution >= 0.6 is 0 Å². The summed E-state index contributed by atoms with van der Waals surface area (Å²) in [6.45, 7) is 6.72. The van der Waals surface area contributed by atoms with Gasteiger partial charge in [-0.05, 0) is 12.1 Å². The van der Waals surface area contributed by atoms with Crippen LogP contribution in [0.1, 0.15) is 13.8 Å². The minimum Gasteiger partial charge on any atom is -0.493 e. The van der Waals surface area contributed by atoms with E-state index in [4.69, 9.17) is 18.9 Å². The van der Waals surface area contributed by atoms with Gasteiger partial charge in [-0.25, -0.2) is 0 Å². The van der Waals surface area contributed by atoms with Crippen molar-refractivity contribution in [1.29, 1.82) is 0 Å². The molecule has 0 unspecified atom stereocenters. The Morgan fingerprint density at radius 3 is 2.20 bits per heavy atom. The highest BCUT2D eigenvalue weighted by Crippen LogP contribution is 2.36. The van der Waals surface area contributed by atoms with Crippen LogP contribution in [0.25, 0.3) is 0 Å². The van der Waals surface area contributed by atoms with Gasteiger partial charge in [0.15, 0.2) is 11.5 Å². The van der Waals surface area contributed by atoms with Gasteiger partial charge >= 0.3 is 0 Å². The van der Waals surface area contributed by atoms with Crippen molar-refractivity contribution in [3.8, 4) is 17.2 Å². The van der Waals surface area contributed by atoms with E-state index in [1.807, 2.05) is 18.2 Å². The van der Waals surface area contributed by atoms with E-state index in [9.17, 15) is 0 Å². The van der Waals surface area contributed by atoms with E-state index in [1.165, 1.54) is 0 Å². The highest BCUT2D eigenvalue weighted by atomic mass is 16.6. The van der Waals surface area contributed by atoms with E-state index in [1.54, 1.807) is 14.2 Å². The Morgan fingerprint density at radius 1 is 1.00 bits per heavy atom. The molecule has 1 rings (SSSR count). The Bertz CT molecular complexity index is 360. The molecule has 114 valence electrons. The maximum Gasteiger partial charge on any atom is 0.203 e. The van der Waals surface area contributed by atoms with E-state index < -0.39 is 0 Å². The Labute approximate surface area is 121 Å². The molecule has 1 aromatic rings. The molecule has 0 atom stereocenters. The second-order valence-corrected chi connectivity index (χ2v) is 4.56. The van der Waals surface area contributed by atoms with Gasteiger partial charge in [0.05, 0.1) is 27.4 Å². The van der Waals surface area contributed by atoms with Gasteiger partial charge in [0.1, 0.15) is 6.61 Å². The Kier molecular flexibility index (Phi) is 7.84. The average molecular weight is 283 g/mol. The second-order valence-electron chi connectivity index (χ2n) is 4.56. The topological polar surface area (TPSA) is 49.0 Å². The molecule has 0 aliphatic heterocycles. The zero-order valence-corrected chi connectivity index (χ0v) is 12.8. The summed E-state index contributed by atoms with van der Waals surface area (Å²) >= 11 is 0. The van der Waals surface area contributed by atoms with Crippen molar-refractivity contribution >= 4 is 0 Å². The molecule has 0 saturated carbocycles. The van der Waals surface area contributed by atoms with Crippen LogP contribution in [0, 0.1) is 0 Å². The van der Waals surface area contributed by atoms with Crippen molar-refractivity contribution in [3.05, 3.63) is 18.2 Å². The average Bonchev–Trinajstić information content (AvgIpc) is 2.45. The standard InChI is InChI=1S/C15H25NO4/c1-12(2)16-8-9-19-10-11-20-15-13(17-3)6-5-7-14(15)18-4/h5-7,12,16H,8-11H2,1-4H3. The van der Waals surface area contributed by atoms with Crippen molar-refractivity contribution in [3.63, 3.8) is 0 Å². The summed E-state index contributed by atoms with van der Waals surface area (Å²) in [5, 5.41) is 3.28. The first-order valence-corrected chi connectivity index (χ1v) is 6.84. The monoisotopic (exact) mass is 283 g/mol. The molecule has 5 heteroatoms. The van der Waals surface area contributed by atoms with Crippen molar-refractivity contribution in [2.24, 2.45) is 0 Å². The summed E-state index contributed by atoms with van der Waals surface area (Å²) in [6.07, 6.45) is 0. The largest absolute Gasteiger partial charge is 0.493 e. The maximum atomic E-state index is 5.68. The van der Waals surface area contributed by atoms with Crippen molar-refractivity contribution in [2.45, 2.75) is 19.9 Å². The number of ether oxygens (including phenoxy) is 4. The molecule has 1 aromatic carbocycles. The highest BCUT2D eigenvalue weighted by Gasteiger charge is 2.10. The fourth-order valence-electron chi connectivity index (χ4n) is 1.68. The quantitative estimate of drug-likeness (QED) is 0.666. The van der Waals surface area contributed by atoms with E-state index in [0.29, 0.717) is 43.1 Å². The Balaban J connectivity index is 2.31.